The third-order valence-electron chi connectivity index (χ3n) is 3.26. The standard InChI is InChI=1S/C11H15N3O/c1-2-9-10(12-5-1)14-11(8-13-9)3-6-15-7-4-11/h1-2,5,13H,3-4,6-8H2,(H,12,14). The Morgan fingerprint density at radius 3 is 3.07 bits per heavy atom. The predicted molar refractivity (Wildman–Crippen MR) is 59.1 cm³/mol. The van der Waals surface area contributed by atoms with Crippen LogP contribution in [-0.2, 0) is 4.74 Å². The van der Waals surface area contributed by atoms with E-state index in [-0.39, 0.29) is 5.54 Å². The zero-order chi connectivity index (χ0) is 10.1. The molecule has 4 nitrogen and oxygen atoms in total. The van der Waals surface area contributed by atoms with Crippen LogP contribution in [0.15, 0.2) is 18.3 Å². The highest BCUT2D eigenvalue weighted by atomic mass is 16.5. The zero-order valence-corrected chi connectivity index (χ0v) is 8.62. The maximum Gasteiger partial charge on any atom is 0.149 e. The number of nitrogens with one attached hydrogen (secondary N) is 2. The quantitative estimate of drug-likeness (QED) is 0.673. The number of anilines is 2. The van der Waals surface area contributed by atoms with Crippen LogP contribution in [0.25, 0.3) is 0 Å². The average molecular weight is 205 g/mol. The fourth-order valence-corrected chi connectivity index (χ4v) is 2.27. The minimum Gasteiger partial charge on any atom is -0.381 e. The van der Waals surface area contributed by atoms with Crippen LogP contribution in [-0.4, -0.2) is 30.3 Å². The lowest BCUT2D eigenvalue weighted by Crippen LogP contribution is -2.51. The van der Waals surface area contributed by atoms with Gasteiger partial charge in [-0.2, -0.15) is 0 Å². The molecule has 2 N–H and O–H groups in total. The number of ether oxygens (including phenoxy) is 1. The van der Waals surface area contributed by atoms with Crippen molar-refractivity contribution >= 4 is 11.5 Å². The van der Waals surface area contributed by atoms with Gasteiger partial charge >= 0.3 is 0 Å². The smallest absolute Gasteiger partial charge is 0.149 e. The molecule has 3 rings (SSSR count). The van der Waals surface area contributed by atoms with E-state index in [1.54, 1.807) is 0 Å². The first-order chi connectivity index (χ1) is 7.38. The normalized spacial score (nSPS) is 22.7. The van der Waals surface area contributed by atoms with Gasteiger partial charge in [0.15, 0.2) is 0 Å². The molecular formula is C11H15N3O. The molecule has 1 spiro atoms. The lowest BCUT2D eigenvalue weighted by Gasteiger charge is -2.42. The Morgan fingerprint density at radius 1 is 1.33 bits per heavy atom. The van der Waals surface area contributed by atoms with Crippen molar-refractivity contribution in [1.29, 1.82) is 0 Å². The molecule has 3 heterocycles. The molecule has 0 bridgehead atoms. The summed E-state index contributed by atoms with van der Waals surface area (Å²) >= 11 is 0. The SMILES string of the molecule is c1cnc2c(c1)NCC1(CCOCC1)N2. The van der Waals surface area contributed by atoms with Gasteiger partial charge in [-0.15, -0.1) is 0 Å². The molecule has 0 radical (unpaired) electrons. The predicted octanol–water partition coefficient (Wildman–Crippen LogP) is 1.47. The lowest BCUT2D eigenvalue weighted by molar-refractivity contribution is 0.0633. The second-order valence-corrected chi connectivity index (χ2v) is 4.27. The minimum atomic E-state index is 0.152. The Bertz CT molecular complexity index is 361. The molecule has 80 valence electrons. The highest BCUT2D eigenvalue weighted by molar-refractivity contribution is 5.67. The highest BCUT2D eigenvalue weighted by Crippen LogP contribution is 2.33. The van der Waals surface area contributed by atoms with Gasteiger partial charge in [0.05, 0.1) is 11.2 Å². The van der Waals surface area contributed by atoms with E-state index in [2.05, 4.69) is 21.7 Å². The highest BCUT2D eigenvalue weighted by Gasteiger charge is 2.35. The molecule has 1 saturated heterocycles. The molecule has 15 heavy (non-hydrogen) atoms. The summed E-state index contributed by atoms with van der Waals surface area (Å²) in [6.45, 7) is 2.66. The van der Waals surface area contributed by atoms with Crippen LogP contribution < -0.4 is 10.6 Å². The van der Waals surface area contributed by atoms with Crippen LogP contribution in [0.1, 0.15) is 12.8 Å². The molecule has 2 aliphatic heterocycles. The summed E-state index contributed by atoms with van der Waals surface area (Å²) in [5, 5.41) is 7.00. The molecule has 4 heteroatoms. The molecule has 1 fully saturated rings. The fourth-order valence-electron chi connectivity index (χ4n) is 2.27. The molecule has 0 aromatic carbocycles. The molecule has 2 aliphatic rings. The van der Waals surface area contributed by atoms with E-state index in [9.17, 15) is 0 Å². The van der Waals surface area contributed by atoms with Gasteiger partial charge in [0.1, 0.15) is 5.82 Å². The number of hydrogen-bond donors (Lipinski definition) is 2. The molecule has 0 amide bonds. The summed E-state index contributed by atoms with van der Waals surface area (Å²) in [7, 11) is 0. The van der Waals surface area contributed by atoms with Gasteiger partial charge in [0.25, 0.3) is 0 Å². The van der Waals surface area contributed by atoms with Gasteiger partial charge in [-0.3, -0.25) is 0 Å². The van der Waals surface area contributed by atoms with E-state index in [4.69, 9.17) is 4.74 Å². The summed E-state index contributed by atoms with van der Waals surface area (Å²) in [6.07, 6.45) is 3.93. The first-order valence-electron chi connectivity index (χ1n) is 5.43. The number of fused-ring (bicyclic) bond motifs is 1. The van der Waals surface area contributed by atoms with Crippen molar-refractivity contribution in [1.82, 2.24) is 4.98 Å². The second kappa shape index (κ2) is 3.38. The largest absolute Gasteiger partial charge is 0.381 e. The Labute approximate surface area is 89.0 Å². The van der Waals surface area contributed by atoms with Crippen molar-refractivity contribution in [2.24, 2.45) is 0 Å². The molecule has 0 atom stereocenters. The maximum atomic E-state index is 5.40. The molecule has 0 aliphatic carbocycles. The lowest BCUT2D eigenvalue weighted by atomic mass is 9.88. The fraction of sp³-hybridized carbons (Fsp3) is 0.545. The van der Waals surface area contributed by atoms with E-state index in [1.165, 1.54) is 0 Å². The summed E-state index contributed by atoms with van der Waals surface area (Å²) in [4.78, 5) is 4.35. The van der Waals surface area contributed by atoms with Crippen LogP contribution in [0.2, 0.25) is 0 Å². The van der Waals surface area contributed by atoms with Gasteiger partial charge < -0.3 is 15.4 Å². The first kappa shape index (κ1) is 8.97. The van der Waals surface area contributed by atoms with E-state index in [0.717, 1.165) is 44.1 Å². The van der Waals surface area contributed by atoms with Crippen molar-refractivity contribution in [2.45, 2.75) is 18.4 Å². The monoisotopic (exact) mass is 205 g/mol. The van der Waals surface area contributed by atoms with Gasteiger partial charge in [-0.25, -0.2) is 4.98 Å². The molecule has 1 aromatic rings. The van der Waals surface area contributed by atoms with Crippen LogP contribution in [0.3, 0.4) is 0 Å². The van der Waals surface area contributed by atoms with Crippen LogP contribution in [0.4, 0.5) is 11.5 Å². The van der Waals surface area contributed by atoms with Crippen LogP contribution in [0.5, 0.6) is 0 Å². The molecular weight excluding hydrogens is 190 g/mol. The van der Waals surface area contributed by atoms with E-state index in [1.807, 2.05) is 12.3 Å². The summed E-state index contributed by atoms with van der Waals surface area (Å²) in [6, 6.07) is 4.01. The number of aromatic nitrogens is 1. The topological polar surface area (TPSA) is 46.2 Å². The second-order valence-electron chi connectivity index (χ2n) is 4.27. The number of nitrogens with zero attached hydrogens (tertiary/aromatic N) is 1. The van der Waals surface area contributed by atoms with Crippen molar-refractivity contribution < 1.29 is 4.74 Å². The Hall–Kier alpha value is -1.29. The van der Waals surface area contributed by atoms with Crippen molar-refractivity contribution in [2.75, 3.05) is 30.4 Å². The molecule has 0 saturated carbocycles. The Kier molecular flexibility index (Phi) is 2.02. The summed E-state index contributed by atoms with van der Waals surface area (Å²) in [5.41, 5.74) is 1.26. The average Bonchev–Trinajstić information content (AvgIpc) is 2.30. The summed E-state index contributed by atoms with van der Waals surface area (Å²) in [5.74, 6) is 0.977. The molecule has 0 unspecified atom stereocenters. The van der Waals surface area contributed by atoms with Gasteiger partial charge in [-0.05, 0) is 25.0 Å². The van der Waals surface area contributed by atoms with E-state index < -0.39 is 0 Å². The third-order valence-corrected chi connectivity index (χ3v) is 3.26. The van der Waals surface area contributed by atoms with Crippen LogP contribution >= 0.6 is 0 Å². The van der Waals surface area contributed by atoms with E-state index >= 15 is 0 Å². The van der Waals surface area contributed by atoms with Crippen molar-refractivity contribution in [3.63, 3.8) is 0 Å². The Balaban J connectivity index is 1.87. The van der Waals surface area contributed by atoms with Crippen molar-refractivity contribution in [3.8, 4) is 0 Å². The van der Waals surface area contributed by atoms with Crippen molar-refractivity contribution in [3.05, 3.63) is 18.3 Å². The van der Waals surface area contributed by atoms with E-state index in [0.29, 0.717) is 0 Å². The van der Waals surface area contributed by atoms with Crippen LogP contribution in [0, 0.1) is 0 Å². The minimum absolute atomic E-state index is 0.152. The Morgan fingerprint density at radius 2 is 2.20 bits per heavy atom. The number of pyridine rings is 1. The maximum absolute atomic E-state index is 5.40. The first-order valence-corrected chi connectivity index (χ1v) is 5.43. The number of hydrogen-bond acceptors (Lipinski definition) is 4. The van der Waals surface area contributed by atoms with Gasteiger partial charge in [0, 0.05) is 26.0 Å². The van der Waals surface area contributed by atoms with Gasteiger partial charge in [-0.1, -0.05) is 0 Å². The van der Waals surface area contributed by atoms with Gasteiger partial charge in [0.2, 0.25) is 0 Å². The zero-order valence-electron chi connectivity index (χ0n) is 8.62. The number of rotatable bonds is 0. The summed E-state index contributed by atoms with van der Waals surface area (Å²) < 4.78 is 5.40. The molecule has 1 aromatic heterocycles. The third kappa shape index (κ3) is 1.55.